The van der Waals surface area contributed by atoms with E-state index in [9.17, 15) is 14.0 Å². The Morgan fingerprint density at radius 2 is 2.00 bits per heavy atom. The monoisotopic (exact) mass is 382 g/mol. The van der Waals surface area contributed by atoms with Crippen molar-refractivity contribution in [1.82, 2.24) is 4.90 Å². The van der Waals surface area contributed by atoms with Crippen molar-refractivity contribution in [3.05, 3.63) is 59.4 Å². The largest absolute Gasteiger partial charge is 0.493 e. The van der Waals surface area contributed by atoms with Gasteiger partial charge >= 0.3 is 6.03 Å². The first-order valence-corrected chi connectivity index (χ1v) is 9.69. The molecule has 1 atom stereocenters. The van der Waals surface area contributed by atoms with Gasteiger partial charge in [0.1, 0.15) is 11.6 Å². The second-order valence-electron chi connectivity index (χ2n) is 7.44. The summed E-state index contributed by atoms with van der Waals surface area (Å²) in [6.07, 6.45) is 3.20. The number of piperidine rings is 1. The van der Waals surface area contributed by atoms with Crippen molar-refractivity contribution >= 4 is 17.5 Å². The molecule has 1 fully saturated rings. The van der Waals surface area contributed by atoms with Crippen LogP contribution >= 0.6 is 0 Å². The van der Waals surface area contributed by atoms with Crippen molar-refractivity contribution in [2.75, 3.05) is 25.0 Å². The quantitative estimate of drug-likeness (QED) is 0.859. The zero-order valence-corrected chi connectivity index (χ0v) is 15.6. The van der Waals surface area contributed by atoms with Crippen LogP contribution in [-0.4, -0.2) is 36.4 Å². The number of aryl methyl sites for hydroxylation is 1. The summed E-state index contributed by atoms with van der Waals surface area (Å²) in [6.45, 7) is 1.83. The van der Waals surface area contributed by atoms with Crippen LogP contribution in [0.4, 0.5) is 14.9 Å². The molecule has 6 heteroatoms. The average Bonchev–Trinajstić information content (AvgIpc) is 3.08. The van der Waals surface area contributed by atoms with Gasteiger partial charge in [-0.05, 0) is 67.3 Å². The second-order valence-corrected chi connectivity index (χ2v) is 7.44. The summed E-state index contributed by atoms with van der Waals surface area (Å²) in [7, 11) is 0. The summed E-state index contributed by atoms with van der Waals surface area (Å²) in [5, 5.41) is 2.95. The molecule has 0 radical (unpaired) electrons. The molecule has 0 bridgehead atoms. The van der Waals surface area contributed by atoms with Gasteiger partial charge in [-0.2, -0.15) is 0 Å². The molecule has 0 saturated carbocycles. The number of fused-ring (bicyclic) bond motifs is 1. The van der Waals surface area contributed by atoms with Crippen LogP contribution < -0.4 is 10.1 Å². The summed E-state index contributed by atoms with van der Waals surface area (Å²) in [6, 6.07) is 11.3. The maximum atomic E-state index is 13.0. The predicted molar refractivity (Wildman–Crippen MR) is 104 cm³/mol. The number of carbonyl (C=O) groups excluding carboxylic acids is 2. The van der Waals surface area contributed by atoms with Crippen LogP contribution in [0.3, 0.4) is 0 Å². The average molecular weight is 382 g/mol. The number of carbonyl (C=O) groups is 2. The van der Waals surface area contributed by atoms with Crippen molar-refractivity contribution in [2.24, 2.45) is 5.92 Å². The van der Waals surface area contributed by atoms with Gasteiger partial charge in [0.15, 0.2) is 5.78 Å². The number of ether oxygens (including phenoxy) is 1. The minimum absolute atomic E-state index is 0.129. The number of rotatable bonds is 4. The maximum Gasteiger partial charge on any atom is 0.321 e. The third-order valence-corrected chi connectivity index (χ3v) is 5.38. The summed E-state index contributed by atoms with van der Waals surface area (Å²) < 4.78 is 18.7. The first-order valence-electron chi connectivity index (χ1n) is 9.69. The van der Waals surface area contributed by atoms with Gasteiger partial charge in [0.05, 0.1) is 6.61 Å². The summed E-state index contributed by atoms with van der Waals surface area (Å²) in [4.78, 5) is 26.2. The van der Waals surface area contributed by atoms with Gasteiger partial charge in [-0.1, -0.05) is 0 Å². The van der Waals surface area contributed by atoms with Crippen molar-refractivity contribution in [1.29, 1.82) is 0 Å². The minimum Gasteiger partial charge on any atom is -0.493 e. The molecule has 2 aliphatic rings. The Kier molecular flexibility index (Phi) is 5.28. The van der Waals surface area contributed by atoms with Crippen molar-refractivity contribution in [2.45, 2.75) is 25.7 Å². The molecule has 1 saturated heterocycles. The van der Waals surface area contributed by atoms with Gasteiger partial charge in [-0.3, -0.25) is 4.79 Å². The van der Waals surface area contributed by atoms with E-state index in [1.165, 1.54) is 12.1 Å². The number of likely N-dealkylation sites (tertiary alicyclic amines) is 1. The van der Waals surface area contributed by atoms with Crippen LogP contribution in [0.5, 0.6) is 5.75 Å². The highest BCUT2D eigenvalue weighted by atomic mass is 19.1. The van der Waals surface area contributed by atoms with Gasteiger partial charge in [0, 0.05) is 36.7 Å². The number of urea groups is 1. The van der Waals surface area contributed by atoms with E-state index in [1.54, 1.807) is 29.2 Å². The molecule has 0 aromatic heterocycles. The SMILES string of the molecule is O=C1CCc2cc(NC(=O)N3CCC[C@@H](COc4ccc(F)cc4)C3)ccc21. The Balaban J connectivity index is 1.32. The number of nitrogens with zero attached hydrogens (tertiary/aromatic N) is 1. The molecule has 1 aliphatic carbocycles. The predicted octanol–water partition coefficient (Wildman–Crippen LogP) is 4.28. The fourth-order valence-electron chi connectivity index (χ4n) is 3.87. The van der Waals surface area contributed by atoms with Crippen LogP contribution in [0, 0.1) is 11.7 Å². The Morgan fingerprint density at radius 1 is 1.18 bits per heavy atom. The Labute approximate surface area is 163 Å². The van der Waals surface area contributed by atoms with Crippen molar-refractivity contribution in [3.8, 4) is 5.75 Å². The highest BCUT2D eigenvalue weighted by Gasteiger charge is 2.25. The third-order valence-electron chi connectivity index (χ3n) is 5.38. The lowest BCUT2D eigenvalue weighted by Gasteiger charge is -2.32. The Hall–Kier alpha value is -2.89. The summed E-state index contributed by atoms with van der Waals surface area (Å²) >= 11 is 0. The number of Topliss-reactive ketones (excluding diaryl/α,β-unsaturated/α-hetero) is 1. The first-order chi connectivity index (χ1) is 13.6. The second kappa shape index (κ2) is 8.00. The minimum atomic E-state index is -0.288. The lowest BCUT2D eigenvalue weighted by molar-refractivity contribution is 0.0994. The molecule has 0 unspecified atom stereocenters. The number of nitrogens with one attached hydrogen (secondary N) is 1. The fraction of sp³-hybridized carbons (Fsp3) is 0.364. The van der Waals surface area contributed by atoms with E-state index in [2.05, 4.69) is 5.32 Å². The number of ketones is 1. The lowest BCUT2D eigenvalue weighted by atomic mass is 9.99. The molecule has 146 valence electrons. The lowest BCUT2D eigenvalue weighted by Crippen LogP contribution is -2.43. The van der Waals surface area contributed by atoms with E-state index in [-0.39, 0.29) is 23.5 Å². The molecule has 1 aliphatic heterocycles. The van der Waals surface area contributed by atoms with Crippen LogP contribution in [0.2, 0.25) is 0 Å². The third kappa shape index (κ3) is 4.16. The Morgan fingerprint density at radius 3 is 2.82 bits per heavy atom. The Bertz CT molecular complexity index is 882. The van der Waals surface area contributed by atoms with Gasteiger partial charge < -0.3 is 15.0 Å². The molecule has 1 N–H and O–H groups in total. The molecule has 5 nitrogen and oxygen atoms in total. The molecule has 4 rings (SSSR count). The molecule has 2 aromatic rings. The summed E-state index contributed by atoms with van der Waals surface area (Å²) in [5.74, 6) is 0.759. The smallest absolute Gasteiger partial charge is 0.321 e. The zero-order chi connectivity index (χ0) is 19.5. The van der Waals surface area contributed by atoms with Gasteiger partial charge in [0.25, 0.3) is 0 Å². The van der Waals surface area contributed by atoms with Crippen LogP contribution in [0.1, 0.15) is 35.2 Å². The van der Waals surface area contributed by atoms with E-state index in [4.69, 9.17) is 4.74 Å². The number of amides is 2. The number of benzene rings is 2. The molecule has 28 heavy (non-hydrogen) atoms. The van der Waals surface area contributed by atoms with Crippen LogP contribution in [0.25, 0.3) is 0 Å². The van der Waals surface area contributed by atoms with Crippen molar-refractivity contribution in [3.63, 3.8) is 0 Å². The van der Waals surface area contributed by atoms with E-state index >= 15 is 0 Å². The molecule has 2 aromatic carbocycles. The standard InChI is InChI=1S/C22H23FN2O3/c23-17-4-7-19(8-5-17)28-14-15-2-1-11-25(13-15)22(27)24-18-6-9-20-16(12-18)3-10-21(20)26/h4-9,12,15H,1-3,10-11,13-14H2,(H,24,27)/t15-/m1/s1. The number of anilines is 1. The molecular weight excluding hydrogens is 359 g/mol. The van der Waals surface area contributed by atoms with E-state index in [0.29, 0.717) is 31.9 Å². The normalized spacial score (nSPS) is 18.7. The van der Waals surface area contributed by atoms with Crippen LogP contribution in [-0.2, 0) is 6.42 Å². The van der Waals surface area contributed by atoms with E-state index in [0.717, 1.165) is 36.1 Å². The van der Waals surface area contributed by atoms with E-state index in [1.807, 2.05) is 6.07 Å². The highest BCUT2D eigenvalue weighted by molar-refractivity contribution is 6.01. The van der Waals surface area contributed by atoms with Gasteiger partial charge in [0.2, 0.25) is 0 Å². The maximum absolute atomic E-state index is 13.0. The first kappa shape index (κ1) is 18.5. The number of halogens is 1. The zero-order valence-electron chi connectivity index (χ0n) is 15.6. The number of hydrogen-bond acceptors (Lipinski definition) is 3. The molecular formula is C22H23FN2O3. The fourth-order valence-corrected chi connectivity index (χ4v) is 3.87. The van der Waals surface area contributed by atoms with Gasteiger partial charge in [-0.15, -0.1) is 0 Å². The topological polar surface area (TPSA) is 58.6 Å². The van der Waals surface area contributed by atoms with Crippen LogP contribution in [0.15, 0.2) is 42.5 Å². The molecule has 1 heterocycles. The number of hydrogen-bond donors (Lipinski definition) is 1. The van der Waals surface area contributed by atoms with Gasteiger partial charge in [-0.25, -0.2) is 9.18 Å². The molecule has 0 spiro atoms. The molecule has 2 amide bonds. The van der Waals surface area contributed by atoms with Crippen molar-refractivity contribution < 1.29 is 18.7 Å². The summed E-state index contributed by atoms with van der Waals surface area (Å²) in [5.41, 5.74) is 2.50. The highest BCUT2D eigenvalue weighted by Crippen LogP contribution is 2.26. The van der Waals surface area contributed by atoms with E-state index < -0.39 is 0 Å².